The molecule has 9 heteroatoms. The maximum Gasteiger partial charge on any atom is 0.243 e. The number of ether oxygens (including phenoxy) is 1. The molecule has 2 aromatic carbocycles. The summed E-state index contributed by atoms with van der Waals surface area (Å²) in [7, 11) is -1.95. The lowest BCUT2D eigenvalue weighted by atomic mass is 10.1. The monoisotopic (exact) mass is 545 g/mol. The average molecular weight is 546 g/mol. The summed E-state index contributed by atoms with van der Waals surface area (Å²) in [6.45, 7) is 8.27. The van der Waals surface area contributed by atoms with Gasteiger partial charge in [-0.1, -0.05) is 45.0 Å². The maximum absolute atomic E-state index is 13.6. The van der Waals surface area contributed by atoms with Gasteiger partial charge in [-0.3, -0.25) is 13.9 Å². The lowest BCUT2D eigenvalue weighted by Gasteiger charge is -2.32. The standard InChI is InChI=1S/C29H43N3O5S/c1-7-22(4)30-29(34)27(9-3)31(21-24-12-10-13-26(20-24)37-5)28(33)14-11-19-32(38(6,35)36)25-17-15-23(8-2)16-18-25/h10,12-13,15-18,20,22,27H,7-9,11,14,19,21H2,1-6H3,(H,30,34)/t22-,27-/m1/s1. The second-order valence-corrected chi connectivity index (χ2v) is 11.5. The van der Waals surface area contributed by atoms with Gasteiger partial charge < -0.3 is 15.0 Å². The molecule has 0 unspecified atom stereocenters. The van der Waals surface area contributed by atoms with Crippen LogP contribution in [0, 0.1) is 0 Å². The zero-order valence-corrected chi connectivity index (χ0v) is 24.4. The van der Waals surface area contributed by atoms with Crippen molar-refractivity contribution in [3.05, 3.63) is 59.7 Å². The number of carbonyl (C=O) groups is 2. The number of sulfonamides is 1. The Bertz CT molecular complexity index is 1150. The fourth-order valence-electron chi connectivity index (χ4n) is 4.23. The SMILES string of the molecule is CCc1ccc(N(CCCC(=O)N(Cc2cccc(OC)c2)[C@H](CC)C(=O)N[C@H](C)CC)S(C)(=O)=O)cc1. The van der Waals surface area contributed by atoms with E-state index in [0.29, 0.717) is 24.3 Å². The van der Waals surface area contributed by atoms with E-state index in [1.807, 2.05) is 64.1 Å². The van der Waals surface area contributed by atoms with Crippen LogP contribution in [0.5, 0.6) is 5.75 Å². The van der Waals surface area contributed by atoms with Gasteiger partial charge in [0.25, 0.3) is 0 Å². The van der Waals surface area contributed by atoms with Crippen LogP contribution in [0.15, 0.2) is 48.5 Å². The first-order chi connectivity index (χ1) is 18.0. The minimum atomic E-state index is -3.53. The number of nitrogens with one attached hydrogen (secondary N) is 1. The highest BCUT2D eigenvalue weighted by molar-refractivity contribution is 7.92. The summed E-state index contributed by atoms with van der Waals surface area (Å²) in [6, 6.07) is 14.2. The molecule has 2 amide bonds. The van der Waals surface area contributed by atoms with Gasteiger partial charge in [0.05, 0.1) is 19.1 Å². The summed E-state index contributed by atoms with van der Waals surface area (Å²) in [5, 5.41) is 3.00. The number of hydrogen-bond donors (Lipinski definition) is 1. The number of anilines is 1. The summed E-state index contributed by atoms with van der Waals surface area (Å²) < 4.78 is 31.7. The van der Waals surface area contributed by atoms with Crippen LogP contribution in [0.25, 0.3) is 0 Å². The molecule has 0 radical (unpaired) electrons. The molecule has 0 bridgehead atoms. The van der Waals surface area contributed by atoms with Gasteiger partial charge >= 0.3 is 0 Å². The highest BCUT2D eigenvalue weighted by atomic mass is 32.2. The highest BCUT2D eigenvalue weighted by Crippen LogP contribution is 2.21. The van der Waals surface area contributed by atoms with Gasteiger partial charge in [0.2, 0.25) is 21.8 Å². The Morgan fingerprint density at radius 2 is 1.68 bits per heavy atom. The lowest BCUT2D eigenvalue weighted by Crippen LogP contribution is -2.50. The molecule has 0 heterocycles. The molecule has 38 heavy (non-hydrogen) atoms. The zero-order chi connectivity index (χ0) is 28.3. The Morgan fingerprint density at radius 1 is 1.00 bits per heavy atom. The van der Waals surface area contributed by atoms with Gasteiger partial charge in [0, 0.05) is 25.6 Å². The van der Waals surface area contributed by atoms with Gasteiger partial charge in [-0.15, -0.1) is 0 Å². The van der Waals surface area contributed by atoms with Crippen LogP contribution in [0.3, 0.4) is 0 Å². The van der Waals surface area contributed by atoms with Crippen molar-refractivity contribution in [2.45, 2.75) is 78.4 Å². The van der Waals surface area contributed by atoms with E-state index in [-0.39, 0.29) is 37.4 Å². The fourth-order valence-corrected chi connectivity index (χ4v) is 5.20. The number of benzene rings is 2. The van der Waals surface area contributed by atoms with Crippen LogP contribution < -0.4 is 14.4 Å². The maximum atomic E-state index is 13.6. The van der Waals surface area contributed by atoms with Crippen molar-refractivity contribution in [1.29, 1.82) is 0 Å². The summed E-state index contributed by atoms with van der Waals surface area (Å²) in [4.78, 5) is 28.3. The number of aryl methyl sites for hydroxylation is 1. The van der Waals surface area contributed by atoms with Crippen molar-refractivity contribution >= 4 is 27.5 Å². The molecule has 0 aliphatic heterocycles. The number of nitrogens with zero attached hydrogens (tertiary/aromatic N) is 2. The molecule has 210 valence electrons. The largest absolute Gasteiger partial charge is 0.497 e. The van der Waals surface area contributed by atoms with Crippen LogP contribution in [-0.2, 0) is 32.6 Å². The number of methoxy groups -OCH3 is 1. The third-order valence-electron chi connectivity index (χ3n) is 6.66. The second kappa shape index (κ2) is 14.8. The third-order valence-corrected chi connectivity index (χ3v) is 7.85. The predicted molar refractivity (Wildman–Crippen MR) is 153 cm³/mol. The second-order valence-electron chi connectivity index (χ2n) is 9.57. The van der Waals surface area contributed by atoms with E-state index in [2.05, 4.69) is 5.32 Å². The van der Waals surface area contributed by atoms with Crippen LogP contribution in [0.4, 0.5) is 5.69 Å². The van der Waals surface area contributed by atoms with Crippen LogP contribution >= 0.6 is 0 Å². The van der Waals surface area contributed by atoms with Crippen LogP contribution in [0.1, 0.15) is 64.5 Å². The van der Waals surface area contributed by atoms with Crippen molar-refractivity contribution in [2.24, 2.45) is 0 Å². The summed E-state index contributed by atoms with van der Waals surface area (Å²) in [6.07, 6.45) is 3.70. The van der Waals surface area contributed by atoms with Gasteiger partial charge in [0.15, 0.2) is 0 Å². The van der Waals surface area contributed by atoms with Gasteiger partial charge in [0.1, 0.15) is 11.8 Å². The van der Waals surface area contributed by atoms with Crippen LogP contribution in [0.2, 0.25) is 0 Å². The molecule has 8 nitrogen and oxygen atoms in total. The molecule has 1 N–H and O–H groups in total. The van der Waals surface area contributed by atoms with Crippen molar-refractivity contribution in [2.75, 3.05) is 24.2 Å². The number of hydrogen-bond acceptors (Lipinski definition) is 5. The fraction of sp³-hybridized carbons (Fsp3) is 0.517. The Hall–Kier alpha value is -3.07. The molecule has 0 fully saturated rings. The number of rotatable bonds is 15. The Morgan fingerprint density at radius 3 is 2.24 bits per heavy atom. The van der Waals surface area contributed by atoms with E-state index in [0.717, 1.165) is 24.0 Å². The quantitative estimate of drug-likeness (QED) is 0.355. The summed E-state index contributed by atoms with van der Waals surface area (Å²) in [5.41, 5.74) is 2.54. The minimum Gasteiger partial charge on any atom is -0.497 e. The molecule has 0 aliphatic carbocycles. The summed E-state index contributed by atoms with van der Waals surface area (Å²) in [5.74, 6) is 0.283. The van der Waals surface area contributed by atoms with Gasteiger partial charge in [-0.05, 0) is 68.0 Å². The number of carbonyl (C=O) groups excluding carboxylic acids is 2. The van der Waals surface area contributed by atoms with E-state index in [1.165, 1.54) is 10.6 Å². The molecule has 0 aromatic heterocycles. The van der Waals surface area contributed by atoms with Crippen molar-refractivity contribution in [3.63, 3.8) is 0 Å². The smallest absolute Gasteiger partial charge is 0.243 e. The predicted octanol–water partition coefficient (Wildman–Crippen LogP) is 4.53. The Kier molecular flexibility index (Phi) is 12.1. The topological polar surface area (TPSA) is 96.0 Å². The highest BCUT2D eigenvalue weighted by Gasteiger charge is 2.29. The lowest BCUT2D eigenvalue weighted by molar-refractivity contribution is -0.141. The minimum absolute atomic E-state index is 0.00672. The van der Waals surface area contributed by atoms with Crippen molar-refractivity contribution in [1.82, 2.24) is 10.2 Å². The average Bonchev–Trinajstić information content (AvgIpc) is 2.90. The third kappa shape index (κ3) is 9.04. The molecule has 0 spiro atoms. The first-order valence-corrected chi connectivity index (χ1v) is 15.2. The Labute approximate surface area is 228 Å². The molecule has 0 saturated heterocycles. The molecular formula is C29H43N3O5S. The zero-order valence-electron chi connectivity index (χ0n) is 23.6. The number of amides is 2. The molecule has 2 atom stereocenters. The Balaban J connectivity index is 2.24. The molecule has 2 rings (SSSR count). The van der Waals surface area contributed by atoms with Crippen molar-refractivity contribution < 1.29 is 22.7 Å². The molecule has 2 aromatic rings. The van der Waals surface area contributed by atoms with Gasteiger partial charge in [-0.2, -0.15) is 0 Å². The normalized spacial score (nSPS) is 12.9. The molecule has 0 aliphatic rings. The first-order valence-electron chi connectivity index (χ1n) is 13.3. The van der Waals surface area contributed by atoms with Gasteiger partial charge in [-0.25, -0.2) is 8.42 Å². The molecule has 0 saturated carbocycles. The summed E-state index contributed by atoms with van der Waals surface area (Å²) >= 11 is 0. The molecular weight excluding hydrogens is 502 g/mol. The van der Waals surface area contributed by atoms with Crippen LogP contribution in [-0.4, -0.2) is 57.1 Å². The van der Waals surface area contributed by atoms with E-state index in [9.17, 15) is 18.0 Å². The van der Waals surface area contributed by atoms with E-state index >= 15 is 0 Å². The van der Waals surface area contributed by atoms with E-state index in [4.69, 9.17) is 4.74 Å². The van der Waals surface area contributed by atoms with E-state index < -0.39 is 16.1 Å². The first kappa shape index (κ1) is 31.1. The van der Waals surface area contributed by atoms with Crippen molar-refractivity contribution in [3.8, 4) is 5.75 Å². The van der Waals surface area contributed by atoms with E-state index in [1.54, 1.807) is 24.1 Å².